The Hall–Kier alpha value is -2.43. The van der Waals surface area contributed by atoms with Gasteiger partial charge in [-0.3, -0.25) is 14.3 Å². The van der Waals surface area contributed by atoms with Crippen LogP contribution in [-0.4, -0.2) is 21.5 Å². The first kappa shape index (κ1) is 16.4. The molecule has 1 heterocycles. The second-order valence-electron chi connectivity index (χ2n) is 6.61. The SMILES string of the molecule is C[C@@H](C(=O)Nc1cnn(C)c1)c1ccc(C[C@@H]2CCCC2=O)cc1. The standard InChI is InChI=1S/C19H23N3O2/c1-13(19(24)21-17-11-20-22(2)12-17)15-8-6-14(7-9-15)10-16-4-3-5-18(16)23/h6-9,11-13,16H,3-5,10H2,1-2H3,(H,21,24)/t13-,16+/m1/s1. The molecule has 1 aliphatic rings. The molecule has 5 nitrogen and oxygen atoms in total. The molecular formula is C19H23N3O2. The van der Waals surface area contributed by atoms with Gasteiger partial charge in [0.2, 0.25) is 5.91 Å². The highest BCUT2D eigenvalue weighted by atomic mass is 16.2. The zero-order valence-corrected chi connectivity index (χ0v) is 14.2. The van der Waals surface area contributed by atoms with Crippen LogP contribution in [0.15, 0.2) is 36.7 Å². The molecule has 1 aliphatic carbocycles. The van der Waals surface area contributed by atoms with Crippen LogP contribution in [0.3, 0.4) is 0 Å². The van der Waals surface area contributed by atoms with Crippen LogP contribution in [0.4, 0.5) is 5.69 Å². The van der Waals surface area contributed by atoms with Crippen LogP contribution < -0.4 is 5.32 Å². The third-order valence-electron chi connectivity index (χ3n) is 4.76. The van der Waals surface area contributed by atoms with E-state index in [0.717, 1.165) is 31.2 Å². The number of nitrogens with zero attached hydrogens (tertiary/aromatic N) is 2. The van der Waals surface area contributed by atoms with Crippen LogP contribution in [0.25, 0.3) is 0 Å². The van der Waals surface area contributed by atoms with Crippen LogP contribution in [0.5, 0.6) is 0 Å². The van der Waals surface area contributed by atoms with Gasteiger partial charge in [-0.1, -0.05) is 24.3 Å². The van der Waals surface area contributed by atoms with Crippen molar-refractivity contribution in [2.24, 2.45) is 13.0 Å². The molecule has 5 heteroatoms. The first-order valence-corrected chi connectivity index (χ1v) is 8.44. The van der Waals surface area contributed by atoms with Crippen molar-refractivity contribution >= 4 is 17.4 Å². The largest absolute Gasteiger partial charge is 0.323 e. The normalized spacial score (nSPS) is 18.6. The number of carbonyl (C=O) groups excluding carboxylic acids is 2. The van der Waals surface area contributed by atoms with Gasteiger partial charge in [0.25, 0.3) is 0 Å². The Morgan fingerprint density at radius 1 is 1.38 bits per heavy atom. The monoisotopic (exact) mass is 325 g/mol. The summed E-state index contributed by atoms with van der Waals surface area (Å²) >= 11 is 0. The number of hydrogen-bond acceptors (Lipinski definition) is 3. The molecule has 3 rings (SSSR count). The fourth-order valence-corrected chi connectivity index (χ4v) is 3.22. The third-order valence-corrected chi connectivity index (χ3v) is 4.76. The van der Waals surface area contributed by atoms with Gasteiger partial charge in [0.15, 0.2) is 0 Å². The minimum absolute atomic E-state index is 0.0540. The van der Waals surface area contributed by atoms with Crippen LogP contribution in [0.2, 0.25) is 0 Å². The summed E-state index contributed by atoms with van der Waals surface area (Å²) in [6, 6.07) is 8.05. The van der Waals surface area contributed by atoms with Crippen molar-refractivity contribution in [3.05, 3.63) is 47.8 Å². The summed E-state index contributed by atoms with van der Waals surface area (Å²) in [5.74, 6) is 0.277. The van der Waals surface area contributed by atoms with E-state index in [2.05, 4.69) is 10.4 Å². The predicted octanol–water partition coefficient (Wildman–Crippen LogP) is 3.07. The van der Waals surface area contributed by atoms with E-state index in [4.69, 9.17) is 0 Å². The zero-order chi connectivity index (χ0) is 17.1. The molecule has 0 radical (unpaired) electrons. The lowest BCUT2D eigenvalue weighted by molar-refractivity contribution is -0.120. The number of amides is 1. The lowest BCUT2D eigenvalue weighted by Crippen LogP contribution is -2.18. The van der Waals surface area contributed by atoms with Crippen LogP contribution in [0.1, 0.15) is 43.2 Å². The van der Waals surface area contributed by atoms with Crippen molar-refractivity contribution in [1.29, 1.82) is 0 Å². The van der Waals surface area contributed by atoms with Gasteiger partial charge in [-0.15, -0.1) is 0 Å². The molecule has 1 aromatic heterocycles. The second kappa shape index (κ2) is 6.99. The van der Waals surface area contributed by atoms with E-state index in [0.29, 0.717) is 11.5 Å². The summed E-state index contributed by atoms with van der Waals surface area (Å²) in [6.45, 7) is 1.89. The molecule has 2 aromatic rings. The molecule has 0 spiro atoms. The summed E-state index contributed by atoms with van der Waals surface area (Å²) in [7, 11) is 1.81. The Balaban J connectivity index is 1.61. The highest BCUT2D eigenvalue weighted by Gasteiger charge is 2.24. The van der Waals surface area contributed by atoms with Crippen molar-refractivity contribution in [3.63, 3.8) is 0 Å². The van der Waals surface area contributed by atoms with Gasteiger partial charge in [-0.25, -0.2) is 0 Å². The van der Waals surface area contributed by atoms with E-state index in [9.17, 15) is 9.59 Å². The molecule has 2 atom stereocenters. The summed E-state index contributed by atoms with van der Waals surface area (Å²) in [4.78, 5) is 24.1. The maximum absolute atomic E-state index is 12.3. The Kier molecular flexibility index (Phi) is 4.79. The van der Waals surface area contributed by atoms with E-state index >= 15 is 0 Å². The van der Waals surface area contributed by atoms with Crippen molar-refractivity contribution in [2.45, 2.75) is 38.5 Å². The average Bonchev–Trinajstić information content (AvgIpc) is 3.16. The minimum Gasteiger partial charge on any atom is -0.323 e. The topological polar surface area (TPSA) is 64.0 Å². The second-order valence-corrected chi connectivity index (χ2v) is 6.61. The van der Waals surface area contributed by atoms with Crippen LogP contribution in [-0.2, 0) is 23.1 Å². The Morgan fingerprint density at radius 3 is 2.71 bits per heavy atom. The molecule has 126 valence electrons. The highest BCUT2D eigenvalue weighted by molar-refractivity contribution is 5.95. The van der Waals surface area contributed by atoms with Gasteiger partial charge in [0.05, 0.1) is 17.8 Å². The van der Waals surface area contributed by atoms with E-state index in [1.54, 1.807) is 17.1 Å². The first-order valence-electron chi connectivity index (χ1n) is 8.44. The Bertz CT molecular complexity index is 733. The third kappa shape index (κ3) is 3.72. The molecule has 0 aliphatic heterocycles. The summed E-state index contributed by atoms with van der Waals surface area (Å²) in [5, 5.41) is 6.92. The Labute approximate surface area is 142 Å². The van der Waals surface area contributed by atoms with Gasteiger partial charge in [-0.05, 0) is 37.3 Å². The molecule has 0 saturated heterocycles. The number of carbonyl (C=O) groups is 2. The van der Waals surface area contributed by atoms with E-state index in [1.807, 2.05) is 38.2 Å². The minimum atomic E-state index is -0.243. The van der Waals surface area contributed by atoms with Gasteiger partial charge < -0.3 is 5.32 Å². The number of rotatable bonds is 5. The lowest BCUT2D eigenvalue weighted by atomic mass is 9.94. The molecule has 24 heavy (non-hydrogen) atoms. The number of nitrogens with one attached hydrogen (secondary N) is 1. The van der Waals surface area contributed by atoms with Gasteiger partial charge in [0.1, 0.15) is 5.78 Å². The molecule has 1 saturated carbocycles. The van der Waals surface area contributed by atoms with Gasteiger partial charge in [0, 0.05) is 25.6 Å². The van der Waals surface area contributed by atoms with Crippen molar-refractivity contribution in [1.82, 2.24) is 9.78 Å². The molecule has 0 bridgehead atoms. The number of aromatic nitrogens is 2. The van der Waals surface area contributed by atoms with Crippen LogP contribution in [0, 0.1) is 5.92 Å². The number of hydrogen-bond donors (Lipinski definition) is 1. The maximum atomic E-state index is 12.3. The van der Waals surface area contributed by atoms with E-state index in [-0.39, 0.29) is 17.7 Å². The number of aryl methyl sites for hydroxylation is 1. The smallest absolute Gasteiger partial charge is 0.231 e. The van der Waals surface area contributed by atoms with Crippen molar-refractivity contribution in [3.8, 4) is 0 Å². The fourth-order valence-electron chi connectivity index (χ4n) is 3.22. The number of ketones is 1. The van der Waals surface area contributed by atoms with E-state index < -0.39 is 0 Å². The van der Waals surface area contributed by atoms with Crippen molar-refractivity contribution < 1.29 is 9.59 Å². The molecule has 1 fully saturated rings. The van der Waals surface area contributed by atoms with E-state index in [1.165, 1.54) is 5.56 Å². The molecule has 1 amide bonds. The molecule has 1 N–H and O–H groups in total. The number of Topliss-reactive ketones (excluding diaryl/α,β-unsaturated/α-hetero) is 1. The molecular weight excluding hydrogens is 302 g/mol. The first-order chi connectivity index (χ1) is 11.5. The Morgan fingerprint density at radius 2 is 2.12 bits per heavy atom. The van der Waals surface area contributed by atoms with Crippen LogP contribution >= 0.6 is 0 Å². The van der Waals surface area contributed by atoms with Gasteiger partial charge >= 0.3 is 0 Å². The zero-order valence-electron chi connectivity index (χ0n) is 14.2. The number of benzene rings is 1. The average molecular weight is 325 g/mol. The summed E-state index contributed by atoms with van der Waals surface area (Å²) in [6.07, 6.45) is 6.97. The highest BCUT2D eigenvalue weighted by Crippen LogP contribution is 2.26. The summed E-state index contributed by atoms with van der Waals surface area (Å²) in [5.41, 5.74) is 2.84. The molecule has 0 unspecified atom stereocenters. The molecule has 1 aromatic carbocycles. The summed E-state index contributed by atoms with van der Waals surface area (Å²) < 4.78 is 1.65. The van der Waals surface area contributed by atoms with Gasteiger partial charge in [-0.2, -0.15) is 5.10 Å². The quantitative estimate of drug-likeness (QED) is 0.919. The lowest BCUT2D eigenvalue weighted by Gasteiger charge is -2.13. The maximum Gasteiger partial charge on any atom is 0.231 e. The fraction of sp³-hybridized carbons (Fsp3) is 0.421. The predicted molar refractivity (Wildman–Crippen MR) is 92.7 cm³/mol. The van der Waals surface area contributed by atoms with Crippen molar-refractivity contribution in [2.75, 3.05) is 5.32 Å². The number of anilines is 1.